The van der Waals surface area contributed by atoms with Gasteiger partial charge in [-0.05, 0) is 24.5 Å². The van der Waals surface area contributed by atoms with Gasteiger partial charge < -0.3 is 0 Å². The van der Waals surface area contributed by atoms with Crippen molar-refractivity contribution < 1.29 is 0 Å². The fraction of sp³-hybridized carbons (Fsp3) is 0.273. The lowest BCUT2D eigenvalue weighted by atomic mass is 9.67. The van der Waals surface area contributed by atoms with E-state index in [1.165, 1.54) is 16.7 Å². The third-order valence-electron chi connectivity index (χ3n) is 4.10. The SMILES string of the molecule is C=C/C=C(\C)C(CC)(c1ccccc1)c1ccccc1.CC. The number of hydrogen-bond donors (Lipinski definition) is 0. The molecule has 0 fully saturated rings. The van der Waals surface area contributed by atoms with Crippen LogP contribution in [-0.2, 0) is 5.41 Å². The van der Waals surface area contributed by atoms with Gasteiger partial charge in [-0.15, -0.1) is 0 Å². The molecule has 2 aromatic rings. The van der Waals surface area contributed by atoms with Crippen LogP contribution in [0.1, 0.15) is 45.2 Å². The van der Waals surface area contributed by atoms with Crippen molar-refractivity contribution in [3.63, 3.8) is 0 Å². The van der Waals surface area contributed by atoms with Crippen molar-refractivity contribution in [3.05, 3.63) is 96.1 Å². The molecule has 22 heavy (non-hydrogen) atoms. The molecule has 0 saturated heterocycles. The molecule has 0 radical (unpaired) electrons. The first-order valence-corrected chi connectivity index (χ1v) is 8.16. The molecule has 2 rings (SSSR count). The van der Waals surface area contributed by atoms with Gasteiger partial charge in [0.05, 0.1) is 0 Å². The van der Waals surface area contributed by atoms with Gasteiger partial charge in [0, 0.05) is 5.41 Å². The van der Waals surface area contributed by atoms with Crippen molar-refractivity contribution in [3.8, 4) is 0 Å². The lowest BCUT2D eigenvalue weighted by molar-refractivity contribution is 0.580. The molecule has 0 unspecified atom stereocenters. The number of rotatable bonds is 5. The van der Waals surface area contributed by atoms with Gasteiger partial charge in [-0.25, -0.2) is 0 Å². The Kier molecular flexibility index (Phi) is 7.39. The van der Waals surface area contributed by atoms with Crippen LogP contribution in [0.15, 0.2) is 85.0 Å². The third kappa shape index (κ3) is 3.57. The standard InChI is InChI=1S/C20H22.C2H6/c1-4-12-17(3)20(5-2,18-13-8-6-9-14-18)19-15-10-7-11-16-19;1-2/h4,6-16H,1,5H2,2-3H3;1-2H3/b17-12+;. The van der Waals surface area contributed by atoms with E-state index in [1.54, 1.807) is 0 Å². The molecule has 116 valence electrons. The van der Waals surface area contributed by atoms with Crippen molar-refractivity contribution in [2.24, 2.45) is 0 Å². The van der Waals surface area contributed by atoms with Gasteiger partial charge in [0.25, 0.3) is 0 Å². The monoisotopic (exact) mass is 292 g/mol. The molecule has 0 bridgehead atoms. The second-order valence-electron chi connectivity index (χ2n) is 5.08. The van der Waals surface area contributed by atoms with Crippen molar-refractivity contribution >= 4 is 0 Å². The summed E-state index contributed by atoms with van der Waals surface area (Å²) in [5, 5.41) is 0. The Morgan fingerprint density at radius 1 is 0.909 bits per heavy atom. The highest BCUT2D eigenvalue weighted by Gasteiger charge is 2.33. The van der Waals surface area contributed by atoms with E-state index in [1.807, 2.05) is 19.9 Å². The highest BCUT2D eigenvalue weighted by atomic mass is 14.4. The Morgan fingerprint density at radius 3 is 1.64 bits per heavy atom. The molecule has 0 aliphatic rings. The zero-order chi connectivity index (χ0) is 16.4. The van der Waals surface area contributed by atoms with E-state index < -0.39 is 0 Å². The van der Waals surface area contributed by atoms with E-state index in [4.69, 9.17) is 0 Å². The van der Waals surface area contributed by atoms with E-state index in [9.17, 15) is 0 Å². The van der Waals surface area contributed by atoms with Crippen LogP contribution in [-0.4, -0.2) is 0 Å². The first-order valence-electron chi connectivity index (χ1n) is 8.16. The normalized spacial score (nSPS) is 11.4. The quantitative estimate of drug-likeness (QED) is 0.549. The van der Waals surface area contributed by atoms with E-state index in [2.05, 4.69) is 87.2 Å². The Balaban J connectivity index is 0.00000116. The summed E-state index contributed by atoms with van der Waals surface area (Å²) in [4.78, 5) is 0. The molecule has 0 heterocycles. The molecule has 0 nitrogen and oxygen atoms in total. The zero-order valence-corrected chi connectivity index (χ0v) is 14.3. The molecule has 0 spiro atoms. The smallest absolute Gasteiger partial charge is 0.0408 e. The molecule has 0 aliphatic carbocycles. The summed E-state index contributed by atoms with van der Waals surface area (Å²) in [7, 11) is 0. The second kappa shape index (κ2) is 9.04. The van der Waals surface area contributed by atoms with Crippen LogP contribution in [0.5, 0.6) is 0 Å². The topological polar surface area (TPSA) is 0 Å². The minimum absolute atomic E-state index is 0.0727. The lowest BCUT2D eigenvalue weighted by Gasteiger charge is -2.35. The van der Waals surface area contributed by atoms with Crippen LogP contribution < -0.4 is 0 Å². The van der Waals surface area contributed by atoms with Crippen LogP contribution >= 0.6 is 0 Å². The Labute approximate surface area is 136 Å². The minimum Gasteiger partial charge on any atom is -0.0991 e. The van der Waals surface area contributed by atoms with Crippen LogP contribution in [0.25, 0.3) is 0 Å². The molecule has 0 N–H and O–H groups in total. The average Bonchev–Trinajstić information content (AvgIpc) is 2.60. The highest BCUT2D eigenvalue weighted by Crippen LogP contribution is 2.41. The van der Waals surface area contributed by atoms with Crippen molar-refractivity contribution in [2.45, 2.75) is 39.5 Å². The van der Waals surface area contributed by atoms with Gasteiger partial charge >= 0.3 is 0 Å². The van der Waals surface area contributed by atoms with Gasteiger partial charge in [-0.3, -0.25) is 0 Å². The number of benzene rings is 2. The highest BCUT2D eigenvalue weighted by molar-refractivity contribution is 5.48. The van der Waals surface area contributed by atoms with E-state index in [-0.39, 0.29) is 5.41 Å². The van der Waals surface area contributed by atoms with Crippen LogP contribution in [0.4, 0.5) is 0 Å². The van der Waals surface area contributed by atoms with Crippen molar-refractivity contribution in [1.82, 2.24) is 0 Å². The largest absolute Gasteiger partial charge is 0.0991 e. The molecule has 0 amide bonds. The van der Waals surface area contributed by atoms with Crippen molar-refractivity contribution in [2.75, 3.05) is 0 Å². The minimum atomic E-state index is -0.0727. The summed E-state index contributed by atoms with van der Waals surface area (Å²) in [6, 6.07) is 21.5. The van der Waals surface area contributed by atoms with E-state index in [0.717, 1.165) is 6.42 Å². The first kappa shape index (κ1) is 18.0. The molecular formula is C22H28. The summed E-state index contributed by atoms with van der Waals surface area (Å²) in [5.74, 6) is 0. The fourth-order valence-electron chi connectivity index (χ4n) is 3.07. The van der Waals surface area contributed by atoms with Crippen LogP contribution in [0.3, 0.4) is 0 Å². The predicted octanol–water partition coefficient (Wildman–Crippen LogP) is 6.54. The molecule has 2 aromatic carbocycles. The van der Waals surface area contributed by atoms with Crippen LogP contribution in [0.2, 0.25) is 0 Å². The average molecular weight is 292 g/mol. The first-order chi connectivity index (χ1) is 10.8. The fourth-order valence-corrected chi connectivity index (χ4v) is 3.07. The van der Waals surface area contributed by atoms with Crippen LogP contribution in [0, 0.1) is 0 Å². The summed E-state index contributed by atoms with van der Waals surface area (Å²) >= 11 is 0. The molecule has 0 aliphatic heterocycles. The van der Waals surface area contributed by atoms with Gasteiger partial charge in [-0.2, -0.15) is 0 Å². The lowest BCUT2D eigenvalue weighted by Crippen LogP contribution is -2.28. The summed E-state index contributed by atoms with van der Waals surface area (Å²) in [5.41, 5.74) is 3.93. The zero-order valence-electron chi connectivity index (χ0n) is 14.3. The molecule has 0 aromatic heterocycles. The van der Waals surface area contributed by atoms with Gasteiger partial charge in [0.15, 0.2) is 0 Å². The van der Waals surface area contributed by atoms with Crippen molar-refractivity contribution in [1.29, 1.82) is 0 Å². The molecule has 0 saturated carbocycles. The number of hydrogen-bond acceptors (Lipinski definition) is 0. The predicted molar refractivity (Wildman–Crippen MR) is 99.3 cm³/mol. The maximum atomic E-state index is 3.86. The Hall–Kier alpha value is -2.08. The van der Waals surface area contributed by atoms with Gasteiger partial charge in [0.2, 0.25) is 0 Å². The van der Waals surface area contributed by atoms with E-state index in [0.29, 0.717) is 0 Å². The summed E-state index contributed by atoms with van der Waals surface area (Å²) in [6.45, 7) is 12.3. The molecule has 0 atom stereocenters. The van der Waals surface area contributed by atoms with Gasteiger partial charge in [-0.1, -0.05) is 106 Å². The molecular weight excluding hydrogens is 264 g/mol. The maximum Gasteiger partial charge on any atom is 0.0408 e. The third-order valence-corrected chi connectivity index (χ3v) is 4.10. The van der Waals surface area contributed by atoms with E-state index >= 15 is 0 Å². The summed E-state index contributed by atoms with van der Waals surface area (Å²) in [6.07, 6.45) is 5.03. The Bertz CT molecular complexity index is 536. The molecule has 0 heteroatoms. The van der Waals surface area contributed by atoms with Gasteiger partial charge in [0.1, 0.15) is 0 Å². The number of allylic oxidation sites excluding steroid dienone is 3. The Morgan fingerprint density at radius 2 is 1.32 bits per heavy atom. The second-order valence-corrected chi connectivity index (χ2v) is 5.08. The summed E-state index contributed by atoms with van der Waals surface area (Å²) < 4.78 is 0. The maximum absolute atomic E-state index is 3.86.